The summed E-state index contributed by atoms with van der Waals surface area (Å²) < 4.78 is 0. The van der Waals surface area contributed by atoms with E-state index >= 15 is 0 Å². The Morgan fingerprint density at radius 1 is 1.59 bits per heavy atom. The van der Waals surface area contributed by atoms with Gasteiger partial charge in [0.25, 0.3) is 0 Å². The molecule has 0 aliphatic carbocycles. The van der Waals surface area contributed by atoms with E-state index in [9.17, 15) is 9.90 Å². The van der Waals surface area contributed by atoms with Gasteiger partial charge in [-0.2, -0.15) is 0 Å². The fourth-order valence-electron chi connectivity index (χ4n) is 2.14. The molecular weight excluding hydrogens is 240 g/mol. The molecule has 92 valence electrons. The molecule has 1 aromatic carbocycles. The van der Waals surface area contributed by atoms with Gasteiger partial charge in [-0.05, 0) is 19.0 Å². The second-order valence-electron chi connectivity index (χ2n) is 4.37. The third-order valence-corrected chi connectivity index (χ3v) is 3.44. The zero-order valence-corrected chi connectivity index (χ0v) is 10.2. The van der Waals surface area contributed by atoms with Crippen molar-refractivity contribution in [2.45, 2.75) is 13.0 Å². The molecule has 1 aliphatic heterocycles. The van der Waals surface area contributed by atoms with Crippen LogP contribution in [0.4, 0.5) is 0 Å². The number of rotatable bonds is 3. The van der Waals surface area contributed by atoms with Gasteiger partial charge < -0.3 is 10.8 Å². The molecule has 1 atom stereocenters. The van der Waals surface area contributed by atoms with Crippen molar-refractivity contribution in [3.8, 4) is 5.75 Å². The van der Waals surface area contributed by atoms with E-state index < -0.39 is 0 Å². The number of halogens is 1. The van der Waals surface area contributed by atoms with Crippen LogP contribution >= 0.6 is 11.6 Å². The van der Waals surface area contributed by atoms with E-state index in [1.807, 2.05) is 6.07 Å². The van der Waals surface area contributed by atoms with Gasteiger partial charge in [0.05, 0.1) is 10.9 Å². The number of hydrogen-bond acceptors (Lipinski definition) is 3. The van der Waals surface area contributed by atoms with E-state index in [0.717, 1.165) is 18.5 Å². The molecule has 0 bridgehead atoms. The molecule has 0 saturated carbocycles. The largest absolute Gasteiger partial charge is 0.506 e. The van der Waals surface area contributed by atoms with E-state index in [1.54, 1.807) is 12.1 Å². The summed E-state index contributed by atoms with van der Waals surface area (Å²) in [4.78, 5) is 13.1. The monoisotopic (exact) mass is 254 g/mol. The fraction of sp³-hybridized carbons (Fsp3) is 0.417. The first-order chi connectivity index (χ1) is 8.08. The third kappa shape index (κ3) is 2.70. The first-order valence-electron chi connectivity index (χ1n) is 5.56. The molecule has 1 saturated heterocycles. The number of carbonyl (C=O) groups excluding carboxylic acids is 1. The van der Waals surface area contributed by atoms with Crippen molar-refractivity contribution >= 4 is 17.5 Å². The number of nitrogens with zero attached hydrogens (tertiary/aromatic N) is 1. The summed E-state index contributed by atoms with van der Waals surface area (Å²) in [6.45, 7) is 2.07. The first-order valence-corrected chi connectivity index (χ1v) is 5.93. The van der Waals surface area contributed by atoms with Crippen molar-refractivity contribution in [3.05, 3.63) is 28.8 Å². The first kappa shape index (κ1) is 12.2. The standard InChI is InChI=1S/C12H15ClN2O2/c13-10-3-1-2-8(11(10)16)6-15-5-4-9(7-15)12(14)17/h1-3,9,16H,4-7H2,(H2,14,17). The Morgan fingerprint density at radius 2 is 2.35 bits per heavy atom. The van der Waals surface area contributed by atoms with Crippen LogP contribution in [0.3, 0.4) is 0 Å². The summed E-state index contributed by atoms with van der Waals surface area (Å²) >= 11 is 5.84. The van der Waals surface area contributed by atoms with E-state index in [0.29, 0.717) is 18.1 Å². The highest BCUT2D eigenvalue weighted by atomic mass is 35.5. The smallest absolute Gasteiger partial charge is 0.221 e. The summed E-state index contributed by atoms with van der Waals surface area (Å²) in [6, 6.07) is 5.29. The predicted octanol–water partition coefficient (Wildman–Crippen LogP) is 1.35. The van der Waals surface area contributed by atoms with Crippen molar-refractivity contribution in [2.24, 2.45) is 11.7 Å². The summed E-state index contributed by atoms with van der Waals surface area (Å²) in [7, 11) is 0. The molecule has 1 aromatic rings. The van der Waals surface area contributed by atoms with Crippen molar-refractivity contribution < 1.29 is 9.90 Å². The van der Waals surface area contributed by atoms with E-state index in [4.69, 9.17) is 17.3 Å². The van der Waals surface area contributed by atoms with Crippen LogP contribution in [0.25, 0.3) is 0 Å². The van der Waals surface area contributed by atoms with Gasteiger partial charge in [0.2, 0.25) is 5.91 Å². The molecule has 1 fully saturated rings. The molecule has 1 unspecified atom stereocenters. The van der Waals surface area contributed by atoms with Crippen molar-refractivity contribution in [1.29, 1.82) is 0 Å². The van der Waals surface area contributed by atoms with Crippen LogP contribution in [0, 0.1) is 5.92 Å². The predicted molar refractivity (Wildman–Crippen MR) is 65.7 cm³/mol. The molecule has 5 heteroatoms. The molecule has 4 nitrogen and oxygen atoms in total. The summed E-state index contributed by atoms with van der Waals surface area (Å²) in [5.74, 6) is -0.198. The van der Waals surface area contributed by atoms with Crippen LogP contribution < -0.4 is 5.73 Å². The maximum atomic E-state index is 11.0. The quantitative estimate of drug-likeness (QED) is 0.856. The van der Waals surface area contributed by atoms with Crippen LogP contribution in [-0.2, 0) is 11.3 Å². The number of phenolic OH excluding ortho intramolecular Hbond substituents is 1. The van der Waals surface area contributed by atoms with E-state index in [-0.39, 0.29) is 17.6 Å². The Labute approximate surface area is 105 Å². The van der Waals surface area contributed by atoms with Gasteiger partial charge >= 0.3 is 0 Å². The minimum Gasteiger partial charge on any atom is -0.506 e. The van der Waals surface area contributed by atoms with Crippen LogP contribution in [0.5, 0.6) is 5.75 Å². The highest BCUT2D eigenvalue weighted by Crippen LogP contribution is 2.29. The Hall–Kier alpha value is -1.26. The van der Waals surface area contributed by atoms with Gasteiger partial charge in [0.15, 0.2) is 0 Å². The van der Waals surface area contributed by atoms with Crippen molar-refractivity contribution in [2.75, 3.05) is 13.1 Å². The molecular formula is C12H15ClN2O2. The van der Waals surface area contributed by atoms with Crippen LogP contribution in [0.2, 0.25) is 5.02 Å². The number of nitrogens with two attached hydrogens (primary N) is 1. The Morgan fingerprint density at radius 3 is 3.00 bits per heavy atom. The van der Waals surface area contributed by atoms with Gasteiger partial charge in [-0.1, -0.05) is 23.7 Å². The molecule has 0 radical (unpaired) electrons. The second kappa shape index (κ2) is 4.94. The molecule has 0 aromatic heterocycles. The normalized spacial score (nSPS) is 20.6. The number of hydrogen-bond donors (Lipinski definition) is 2. The molecule has 3 N–H and O–H groups in total. The number of carbonyl (C=O) groups is 1. The van der Waals surface area contributed by atoms with Crippen molar-refractivity contribution in [3.63, 3.8) is 0 Å². The number of phenols is 1. The maximum absolute atomic E-state index is 11.0. The molecule has 2 rings (SSSR count). The Bertz CT molecular complexity index is 437. The maximum Gasteiger partial charge on any atom is 0.221 e. The number of para-hydroxylation sites is 1. The number of likely N-dealkylation sites (tertiary alicyclic amines) is 1. The van der Waals surface area contributed by atoms with Crippen LogP contribution in [-0.4, -0.2) is 29.0 Å². The molecule has 1 heterocycles. The third-order valence-electron chi connectivity index (χ3n) is 3.14. The average Bonchev–Trinajstić information content (AvgIpc) is 2.73. The van der Waals surface area contributed by atoms with E-state index in [2.05, 4.69) is 4.90 Å². The van der Waals surface area contributed by atoms with Crippen LogP contribution in [0.15, 0.2) is 18.2 Å². The lowest BCUT2D eigenvalue weighted by molar-refractivity contribution is -0.121. The number of aromatic hydroxyl groups is 1. The zero-order valence-electron chi connectivity index (χ0n) is 9.40. The lowest BCUT2D eigenvalue weighted by Crippen LogP contribution is -2.27. The summed E-state index contributed by atoms with van der Waals surface area (Å²) in [6.07, 6.45) is 0.788. The number of primary amides is 1. The molecule has 0 spiro atoms. The Kier molecular flexibility index (Phi) is 3.54. The van der Waals surface area contributed by atoms with Gasteiger partial charge in [-0.25, -0.2) is 0 Å². The highest BCUT2D eigenvalue weighted by Gasteiger charge is 2.26. The minimum absolute atomic E-state index is 0.0728. The van der Waals surface area contributed by atoms with E-state index in [1.165, 1.54) is 0 Å². The number of benzene rings is 1. The summed E-state index contributed by atoms with van der Waals surface area (Å²) in [5, 5.41) is 10.1. The minimum atomic E-state index is -0.247. The van der Waals surface area contributed by atoms with Crippen molar-refractivity contribution in [1.82, 2.24) is 4.90 Å². The lowest BCUT2D eigenvalue weighted by Gasteiger charge is -2.16. The highest BCUT2D eigenvalue weighted by molar-refractivity contribution is 6.32. The lowest BCUT2D eigenvalue weighted by atomic mass is 10.1. The van der Waals surface area contributed by atoms with Gasteiger partial charge in [0.1, 0.15) is 5.75 Å². The van der Waals surface area contributed by atoms with Gasteiger partial charge in [-0.15, -0.1) is 0 Å². The Balaban J connectivity index is 2.03. The zero-order chi connectivity index (χ0) is 12.4. The molecule has 1 amide bonds. The number of amides is 1. The summed E-state index contributed by atoms with van der Waals surface area (Å²) in [5.41, 5.74) is 6.05. The topological polar surface area (TPSA) is 66.6 Å². The molecule has 17 heavy (non-hydrogen) atoms. The van der Waals surface area contributed by atoms with Gasteiger partial charge in [0, 0.05) is 18.7 Å². The van der Waals surface area contributed by atoms with Crippen LogP contribution in [0.1, 0.15) is 12.0 Å². The average molecular weight is 255 g/mol. The SMILES string of the molecule is NC(=O)C1CCN(Cc2cccc(Cl)c2O)C1. The fourth-order valence-corrected chi connectivity index (χ4v) is 2.33. The molecule has 1 aliphatic rings. The van der Waals surface area contributed by atoms with Gasteiger partial charge in [-0.3, -0.25) is 9.69 Å². The second-order valence-corrected chi connectivity index (χ2v) is 4.78.